The Labute approximate surface area is 349 Å². The quantitative estimate of drug-likeness (QED) is 0.0862. The molecule has 3 aliphatic rings. The monoisotopic (exact) mass is 846 g/mol. The van der Waals surface area contributed by atoms with Crippen LogP contribution in [0.3, 0.4) is 0 Å². The largest absolute Gasteiger partial charge is 0.493 e. The number of unbranched alkanes of at least 4 members (excludes halogenated alkanes) is 3. The number of likely N-dealkylation sites (tertiary alicyclic amines) is 1. The number of imide groups is 2. The Morgan fingerprint density at radius 1 is 0.881 bits per heavy atom. The van der Waals surface area contributed by atoms with E-state index >= 15 is 0 Å². The van der Waals surface area contributed by atoms with Crippen LogP contribution >= 0.6 is 23.2 Å². The topological polar surface area (TPSA) is 214 Å². The minimum Gasteiger partial charge on any atom is -0.493 e. The molecule has 4 N–H and O–H groups in total. The van der Waals surface area contributed by atoms with Crippen molar-refractivity contribution in [3.63, 3.8) is 0 Å². The third kappa shape index (κ3) is 9.80. The van der Waals surface area contributed by atoms with Gasteiger partial charge in [-0.15, -0.1) is 5.10 Å². The van der Waals surface area contributed by atoms with Crippen LogP contribution in [0.1, 0.15) is 105 Å². The van der Waals surface area contributed by atoms with Crippen molar-refractivity contribution < 1.29 is 33.5 Å². The summed E-state index contributed by atoms with van der Waals surface area (Å²) >= 11 is 12.3. The molecule has 0 radical (unpaired) electrons. The summed E-state index contributed by atoms with van der Waals surface area (Å²) in [6.45, 7) is 3.73. The number of nitrogens with zero attached hydrogens (tertiary/aromatic N) is 6. The normalized spacial score (nSPS) is 17.3. The summed E-state index contributed by atoms with van der Waals surface area (Å²) in [4.78, 5) is 79.5. The number of aryl methyl sites for hydroxylation is 2. The van der Waals surface area contributed by atoms with E-state index in [9.17, 15) is 28.8 Å². The zero-order chi connectivity index (χ0) is 41.5. The summed E-state index contributed by atoms with van der Waals surface area (Å²) in [6.07, 6.45) is 10.4. The standard InChI is InChI=1S/C40H44Cl2N10O7/c41-27-10-7-11-28(42)34(27)37(55)45-29-22-43-48-35(29)38(56)44-24-15-19-50(20-16-24)17-4-2-8-25-23-51(49-47-25)18-3-1-5-21-59-31-12-6-9-26-33(31)40(58)52(39(26)57)30-13-14-32(53)46-36(30)54/h6-7,9-12,22-24,30H,1-5,8,13-21H2,(H,43,48)(H,44,56)(H,45,55)(H,46,53,54). The SMILES string of the molecule is O=C1CCC(N2C(=O)c3cccc(OCCCCCn4cc(CCCCN5CCC(NC(=O)c6[nH]ncc6NC(=O)c6c(Cl)cccc6Cl)CC5)nn4)c3C2=O)C(=O)N1. The Morgan fingerprint density at radius 2 is 1.64 bits per heavy atom. The van der Waals surface area contributed by atoms with Gasteiger partial charge in [0, 0.05) is 38.3 Å². The molecular weight excluding hydrogens is 803 g/mol. The zero-order valence-corrected chi connectivity index (χ0v) is 33.7. The molecule has 6 amide bonds. The van der Waals surface area contributed by atoms with Gasteiger partial charge in [0.15, 0.2) is 0 Å². The Balaban J connectivity index is 0.756. The number of amides is 6. The Bertz CT molecular complexity index is 2210. The van der Waals surface area contributed by atoms with Crippen LogP contribution in [0.25, 0.3) is 0 Å². The number of H-pyrrole nitrogens is 1. The highest BCUT2D eigenvalue weighted by Crippen LogP contribution is 2.34. The van der Waals surface area contributed by atoms with Crippen LogP contribution in [-0.4, -0.2) is 109 Å². The summed E-state index contributed by atoms with van der Waals surface area (Å²) in [7, 11) is 0. The Morgan fingerprint density at radius 3 is 2.42 bits per heavy atom. The number of carbonyl (C=O) groups is 6. The maximum atomic E-state index is 13.3. The maximum Gasteiger partial charge on any atom is 0.271 e. The molecule has 0 aliphatic carbocycles. The summed E-state index contributed by atoms with van der Waals surface area (Å²) < 4.78 is 7.79. The number of ether oxygens (including phenoxy) is 1. The van der Waals surface area contributed by atoms with Crippen molar-refractivity contribution in [3.8, 4) is 5.75 Å². The van der Waals surface area contributed by atoms with Crippen molar-refractivity contribution in [1.82, 2.24) is 45.6 Å². The highest BCUT2D eigenvalue weighted by Gasteiger charge is 2.46. The second-order valence-electron chi connectivity index (χ2n) is 14.8. The van der Waals surface area contributed by atoms with Gasteiger partial charge in [-0.1, -0.05) is 40.5 Å². The molecule has 19 heteroatoms. The van der Waals surface area contributed by atoms with Gasteiger partial charge in [0.1, 0.15) is 17.5 Å². The van der Waals surface area contributed by atoms with Crippen LogP contribution in [0.4, 0.5) is 5.69 Å². The van der Waals surface area contributed by atoms with Gasteiger partial charge < -0.3 is 20.3 Å². The number of halogens is 2. The zero-order valence-electron chi connectivity index (χ0n) is 32.2. The van der Waals surface area contributed by atoms with Crippen LogP contribution in [-0.2, 0) is 22.6 Å². The molecule has 59 heavy (non-hydrogen) atoms. The van der Waals surface area contributed by atoms with Gasteiger partial charge in [-0.2, -0.15) is 5.10 Å². The van der Waals surface area contributed by atoms with Gasteiger partial charge in [-0.25, -0.2) is 0 Å². The van der Waals surface area contributed by atoms with Crippen LogP contribution < -0.4 is 20.7 Å². The molecule has 2 aromatic carbocycles. The van der Waals surface area contributed by atoms with E-state index in [-0.39, 0.29) is 62.9 Å². The molecule has 4 aromatic rings. The average molecular weight is 848 g/mol. The molecule has 7 rings (SSSR count). The molecule has 5 heterocycles. The third-order valence-electron chi connectivity index (χ3n) is 10.7. The van der Waals surface area contributed by atoms with Crippen molar-refractivity contribution in [2.24, 2.45) is 0 Å². The smallest absolute Gasteiger partial charge is 0.271 e. The molecule has 2 saturated heterocycles. The van der Waals surface area contributed by atoms with Crippen molar-refractivity contribution >= 4 is 64.3 Å². The molecule has 1 unspecified atom stereocenters. The van der Waals surface area contributed by atoms with Gasteiger partial charge >= 0.3 is 0 Å². The van der Waals surface area contributed by atoms with E-state index in [1.165, 1.54) is 6.20 Å². The van der Waals surface area contributed by atoms with E-state index in [0.29, 0.717) is 18.9 Å². The molecule has 0 spiro atoms. The first-order valence-corrected chi connectivity index (χ1v) is 20.5. The van der Waals surface area contributed by atoms with Crippen molar-refractivity contribution in [1.29, 1.82) is 0 Å². The lowest BCUT2D eigenvalue weighted by Gasteiger charge is -2.32. The molecule has 2 fully saturated rings. The number of benzene rings is 2. The number of hydrogen-bond donors (Lipinski definition) is 4. The van der Waals surface area contributed by atoms with Crippen LogP contribution in [0.15, 0.2) is 48.8 Å². The Hall–Kier alpha value is -5.65. The molecule has 2 aromatic heterocycles. The van der Waals surface area contributed by atoms with E-state index in [1.807, 2.05) is 10.9 Å². The van der Waals surface area contributed by atoms with E-state index < -0.39 is 35.6 Å². The fourth-order valence-corrected chi connectivity index (χ4v) is 8.12. The van der Waals surface area contributed by atoms with Gasteiger partial charge in [0.25, 0.3) is 23.6 Å². The molecule has 3 aliphatic heterocycles. The molecular formula is C40H44Cl2N10O7. The molecule has 310 valence electrons. The summed E-state index contributed by atoms with van der Waals surface area (Å²) in [5.74, 6) is -2.81. The van der Waals surface area contributed by atoms with Crippen LogP contribution in [0, 0.1) is 0 Å². The van der Waals surface area contributed by atoms with Crippen molar-refractivity contribution in [2.45, 2.75) is 82.8 Å². The van der Waals surface area contributed by atoms with E-state index in [0.717, 1.165) is 81.6 Å². The number of rotatable bonds is 17. The van der Waals surface area contributed by atoms with E-state index in [1.54, 1.807) is 36.4 Å². The molecule has 17 nitrogen and oxygen atoms in total. The number of carbonyl (C=O) groups excluding carboxylic acids is 6. The number of fused-ring (bicyclic) bond motifs is 1. The summed E-state index contributed by atoms with van der Waals surface area (Å²) in [5, 5.41) is 23.6. The average Bonchev–Trinajstić information content (AvgIpc) is 3.94. The number of anilines is 1. The van der Waals surface area contributed by atoms with Gasteiger partial charge in [-0.05, 0) is 88.6 Å². The number of aromatic nitrogens is 5. The van der Waals surface area contributed by atoms with Gasteiger partial charge in [0.2, 0.25) is 11.8 Å². The predicted molar refractivity (Wildman–Crippen MR) is 215 cm³/mol. The van der Waals surface area contributed by atoms with Gasteiger partial charge in [0.05, 0.1) is 50.9 Å². The highest BCUT2D eigenvalue weighted by atomic mass is 35.5. The highest BCUT2D eigenvalue weighted by molar-refractivity contribution is 6.40. The van der Waals surface area contributed by atoms with Crippen molar-refractivity contribution in [2.75, 3.05) is 31.6 Å². The van der Waals surface area contributed by atoms with Gasteiger partial charge in [-0.3, -0.25) is 48.8 Å². The first kappa shape index (κ1) is 41.5. The van der Waals surface area contributed by atoms with Crippen molar-refractivity contribution in [3.05, 3.63) is 86.9 Å². The van der Waals surface area contributed by atoms with E-state index in [2.05, 4.69) is 41.4 Å². The fourth-order valence-electron chi connectivity index (χ4n) is 7.55. The Kier molecular flexibility index (Phi) is 13.3. The summed E-state index contributed by atoms with van der Waals surface area (Å²) in [5.41, 5.74) is 1.80. The van der Waals surface area contributed by atoms with E-state index in [4.69, 9.17) is 27.9 Å². The third-order valence-corrected chi connectivity index (χ3v) is 11.3. The molecule has 0 saturated carbocycles. The lowest BCUT2D eigenvalue weighted by Crippen LogP contribution is -2.54. The predicted octanol–water partition coefficient (Wildman–Crippen LogP) is 4.43. The fraction of sp³-hybridized carbons (Fsp3) is 0.425. The summed E-state index contributed by atoms with van der Waals surface area (Å²) in [6, 6.07) is 8.58. The first-order valence-electron chi connectivity index (χ1n) is 19.8. The maximum absolute atomic E-state index is 13.3. The van der Waals surface area contributed by atoms with Crippen LogP contribution in [0.5, 0.6) is 5.75 Å². The number of aromatic amines is 1. The lowest BCUT2D eigenvalue weighted by molar-refractivity contribution is -0.136. The second-order valence-corrected chi connectivity index (χ2v) is 15.6. The second kappa shape index (κ2) is 18.9. The lowest BCUT2D eigenvalue weighted by atomic mass is 10.0. The minimum absolute atomic E-state index is 0.00621. The number of nitrogens with one attached hydrogen (secondary N) is 4. The first-order chi connectivity index (χ1) is 28.6. The molecule has 0 bridgehead atoms. The minimum atomic E-state index is -1.03. The van der Waals surface area contributed by atoms with Crippen LogP contribution in [0.2, 0.25) is 10.0 Å². The molecule has 1 atom stereocenters. The number of piperidine rings is 2. The number of hydrogen-bond acceptors (Lipinski definition) is 11.